The fraction of sp³-hybridized carbons (Fsp3) is 0.200. The molecule has 110 valence electrons. The maximum Gasteiger partial charge on any atom is 0.255 e. The van der Waals surface area contributed by atoms with Crippen LogP contribution in [-0.2, 0) is 4.74 Å². The first kappa shape index (κ1) is 15.3. The molecule has 0 spiro atoms. The smallest absolute Gasteiger partial charge is 0.255 e. The third-order valence-corrected chi connectivity index (χ3v) is 3.23. The number of rotatable bonds is 5. The summed E-state index contributed by atoms with van der Waals surface area (Å²) in [5.74, 6) is -0.550. The molecule has 21 heavy (non-hydrogen) atoms. The van der Waals surface area contributed by atoms with Crippen LogP contribution in [0.5, 0.6) is 5.75 Å². The van der Waals surface area contributed by atoms with E-state index in [1.165, 1.54) is 18.5 Å². The van der Waals surface area contributed by atoms with Gasteiger partial charge in [-0.2, -0.15) is 0 Å². The molecule has 5 nitrogen and oxygen atoms in total. The summed E-state index contributed by atoms with van der Waals surface area (Å²) in [4.78, 5) is 15.7. The van der Waals surface area contributed by atoms with Crippen LogP contribution in [0.4, 0.5) is 0 Å². The second-order valence-corrected chi connectivity index (χ2v) is 4.82. The van der Waals surface area contributed by atoms with Gasteiger partial charge in [-0.3, -0.25) is 9.78 Å². The van der Waals surface area contributed by atoms with Gasteiger partial charge in [0.25, 0.3) is 5.91 Å². The van der Waals surface area contributed by atoms with Crippen molar-refractivity contribution >= 4 is 17.5 Å². The van der Waals surface area contributed by atoms with Crippen LogP contribution in [0, 0.1) is 0 Å². The number of halogens is 1. The Bertz CT molecular complexity index is 634. The Kier molecular flexibility index (Phi) is 5.14. The number of amides is 1. The maximum atomic E-state index is 12.0. The van der Waals surface area contributed by atoms with E-state index >= 15 is 0 Å². The zero-order valence-electron chi connectivity index (χ0n) is 11.4. The Labute approximate surface area is 127 Å². The largest absolute Gasteiger partial charge is 0.505 e. The van der Waals surface area contributed by atoms with E-state index in [2.05, 4.69) is 10.3 Å². The Morgan fingerprint density at radius 3 is 2.95 bits per heavy atom. The first-order valence-electron chi connectivity index (χ1n) is 6.31. The summed E-state index contributed by atoms with van der Waals surface area (Å²) in [5, 5.41) is 12.9. The van der Waals surface area contributed by atoms with Gasteiger partial charge in [0, 0.05) is 24.9 Å². The first-order valence-corrected chi connectivity index (χ1v) is 6.69. The zero-order valence-corrected chi connectivity index (χ0v) is 12.2. The van der Waals surface area contributed by atoms with Crippen molar-refractivity contribution in [3.8, 4) is 5.75 Å². The summed E-state index contributed by atoms with van der Waals surface area (Å²) in [6.45, 7) is 0.261. The van der Waals surface area contributed by atoms with Crippen LogP contribution in [0.25, 0.3) is 0 Å². The molecule has 1 aromatic heterocycles. The number of hydrogen-bond acceptors (Lipinski definition) is 4. The quantitative estimate of drug-likeness (QED) is 0.890. The molecule has 1 heterocycles. The van der Waals surface area contributed by atoms with E-state index in [1.807, 2.05) is 12.1 Å². The summed E-state index contributed by atoms with van der Waals surface area (Å²) in [7, 11) is 1.56. The van der Waals surface area contributed by atoms with Gasteiger partial charge >= 0.3 is 0 Å². The van der Waals surface area contributed by atoms with E-state index in [0.717, 1.165) is 5.56 Å². The highest BCUT2D eigenvalue weighted by atomic mass is 35.5. The number of aromatic nitrogens is 1. The minimum Gasteiger partial charge on any atom is -0.505 e. The molecule has 0 bridgehead atoms. The third-order valence-electron chi connectivity index (χ3n) is 3.00. The number of carbonyl (C=O) groups is 1. The van der Waals surface area contributed by atoms with Gasteiger partial charge in [0.15, 0.2) is 0 Å². The molecular weight excluding hydrogens is 292 g/mol. The molecule has 2 rings (SSSR count). The van der Waals surface area contributed by atoms with Crippen LogP contribution >= 0.6 is 11.6 Å². The molecule has 2 aromatic rings. The predicted octanol–water partition coefficient (Wildman–Crippen LogP) is 2.56. The van der Waals surface area contributed by atoms with E-state index in [0.29, 0.717) is 5.02 Å². The van der Waals surface area contributed by atoms with Gasteiger partial charge in [-0.25, -0.2) is 0 Å². The van der Waals surface area contributed by atoms with E-state index in [1.54, 1.807) is 19.2 Å². The average molecular weight is 307 g/mol. The van der Waals surface area contributed by atoms with Crippen molar-refractivity contribution in [1.29, 1.82) is 0 Å². The molecule has 2 N–H and O–H groups in total. The second kappa shape index (κ2) is 7.06. The number of methoxy groups -OCH3 is 1. The maximum absolute atomic E-state index is 12.0. The van der Waals surface area contributed by atoms with E-state index in [9.17, 15) is 9.90 Å². The van der Waals surface area contributed by atoms with Crippen LogP contribution in [0.1, 0.15) is 22.0 Å². The summed E-state index contributed by atoms with van der Waals surface area (Å²) in [6, 6.07) is 8.69. The molecule has 0 fully saturated rings. The lowest BCUT2D eigenvalue weighted by Gasteiger charge is -2.17. The highest BCUT2D eigenvalue weighted by Crippen LogP contribution is 2.20. The first-order chi connectivity index (χ1) is 10.1. The number of pyridine rings is 1. The normalized spacial score (nSPS) is 11.9. The minimum absolute atomic E-state index is 0.160. The third kappa shape index (κ3) is 3.93. The summed E-state index contributed by atoms with van der Waals surface area (Å²) < 4.78 is 5.36. The van der Waals surface area contributed by atoms with Crippen LogP contribution in [0.15, 0.2) is 42.7 Å². The molecule has 1 atom stereocenters. The summed E-state index contributed by atoms with van der Waals surface area (Å²) in [5.41, 5.74) is 1.04. The fourth-order valence-electron chi connectivity index (χ4n) is 1.90. The molecule has 0 saturated carbocycles. The fourth-order valence-corrected chi connectivity index (χ4v) is 2.10. The summed E-state index contributed by atoms with van der Waals surface area (Å²) >= 11 is 5.94. The summed E-state index contributed by atoms with van der Waals surface area (Å²) in [6.07, 6.45) is 2.34. The molecule has 0 saturated heterocycles. The monoisotopic (exact) mass is 306 g/mol. The Morgan fingerprint density at radius 2 is 2.29 bits per heavy atom. The Morgan fingerprint density at radius 1 is 1.48 bits per heavy atom. The number of ether oxygens (including phenoxy) is 1. The van der Waals surface area contributed by atoms with Crippen molar-refractivity contribution in [1.82, 2.24) is 10.3 Å². The number of hydrogen-bond donors (Lipinski definition) is 2. The van der Waals surface area contributed by atoms with Crippen molar-refractivity contribution in [2.75, 3.05) is 13.7 Å². The minimum atomic E-state index is -0.390. The van der Waals surface area contributed by atoms with Crippen LogP contribution in [-0.4, -0.2) is 29.7 Å². The highest BCUT2D eigenvalue weighted by Gasteiger charge is 2.15. The molecule has 1 amide bonds. The van der Waals surface area contributed by atoms with Gasteiger partial charge in [-0.05, 0) is 23.8 Å². The number of aromatic hydroxyl groups is 1. The Balaban J connectivity index is 2.04. The van der Waals surface area contributed by atoms with Gasteiger partial charge in [-0.1, -0.05) is 23.7 Å². The molecule has 0 unspecified atom stereocenters. The molecule has 1 aromatic carbocycles. The van der Waals surface area contributed by atoms with Crippen molar-refractivity contribution in [2.45, 2.75) is 6.10 Å². The SMILES string of the molecule is CO[C@H](CNC(=O)c1ccncc1O)c1cccc(Cl)c1. The van der Waals surface area contributed by atoms with Crippen LogP contribution < -0.4 is 5.32 Å². The highest BCUT2D eigenvalue weighted by molar-refractivity contribution is 6.30. The molecule has 0 aliphatic carbocycles. The average Bonchev–Trinajstić information content (AvgIpc) is 2.48. The lowest BCUT2D eigenvalue weighted by Crippen LogP contribution is -2.29. The molecule has 0 radical (unpaired) electrons. The van der Waals surface area contributed by atoms with Gasteiger partial charge in [0.1, 0.15) is 5.75 Å². The van der Waals surface area contributed by atoms with Crippen molar-refractivity contribution in [2.24, 2.45) is 0 Å². The van der Waals surface area contributed by atoms with Crippen LogP contribution in [0.3, 0.4) is 0 Å². The number of nitrogens with zero attached hydrogens (tertiary/aromatic N) is 1. The van der Waals surface area contributed by atoms with Gasteiger partial charge in [0.05, 0.1) is 17.9 Å². The van der Waals surface area contributed by atoms with Gasteiger partial charge in [0.2, 0.25) is 0 Å². The topological polar surface area (TPSA) is 71.5 Å². The lowest BCUT2D eigenvalue weighted by molar-refractivity contribution is 0.0826. The standard InChI is InChI=1S/C15H15ClN2O3/c1-21-14(10-3-2-4-11(16)7-10)9-18-15(20)12-5-6-17-8-13(12)19/h2-8,14,19H,9H2,1H3,(H,18,20)/t14-/m1/s1. The number of nitrogens with one attached hydrogen (secondary N) is 1. The molecule has 6 heteroatoms. The van der Waals surface area contributed by atoms with Gasteiger partial charge < -0.3 is 15.2 Å². The lowest BCUT2D eigenvalue weighted by atomic mass is 10.1. The van der Waals surface area contributed by atoms with Crippen molar-refractivity contribution < 1.29 is 14.6 Å². The molecule has 0 aliphatic heterocycles. The zero-order chi connectivity index (χ0) is 15.2. The van der Waals surface area contributed by atoms with E-state index < -0.39 is 0 Å². The van der Waals surface area contributed by atoms with E-state index in [-0.39, 0.29) is 29.9 Å². The van der Waals surface area contributed by atoms with E-state index in [4.69, 9.17) is 16.3 Å². The number of carbonyl (C=O) groups excluding carboxylic acids is 1. The predicted molar refractivity (Wildman–Crippen MR) is 79.4 cm³/mol. The van der Waals surface area contributed by atoms with Crippen LogP contribution in [0.2, 0.25) is 5.02 Å². The number of benzene rings is 1. The molecular formula is C15H15ClN2O3. The Hall–Kier alpha value is -2.11. The van der Waals surface area contributed by atoms with Crippen molar-refractivity contribution in [3.63, 3.8) is 0 Å². The molecule has 0 aliphatic rings. The van der Waals surface area contributed by atoms with Crippen molar-refractivity contribution in [3.05, 3.63) is 58.9 Å². The second-order valence-electron chi connectivity index (χ2n) is 4.38. The van der Waals surface area contributed by atoms with Gasteiger partial charge in [-0.15, -0.1) is 0 Å².